The van der Waals surface area contributed by atoms with E-state index in [2.05, 4.69) is 4.98 Å². The van der Waals surface area contributed by atoms with E-state index in [-0.39, 0.29) is 11.3 Å². The van der Waals surface area contributed by atoms with Crippen LogP contribution in [0.5, 0.6) is 5.75 Å². The number of hydrogen-bond donors (Lipinski definition) is 0. The number of hydrogen-bond acceptors (Lipinski definition) is 5. The molecule has 0 fully saturated rings. The number of nitrogens with zero attached hydrogens (tertiary/aromatic N) is 2. The molecule has 0 aliphatic rings. The van der Waals surface area contributed by atoms with Gasteiger partial charge in [-0.05, 0) is 31.2 Å². The quantitative estimate of drug-likeness (QED) is 0.294. The zero-order valence-electron chi connectivity index (χ0n) is 14.1. The molecule has 1 heterocycles. The number of Topliss-reactive ketones (excluding diaryl/α,β-unsaturated/α-hetero) is 1. The van der Waals surface area contributed by atoms with Gasteiger partial charge in [0.2, 0.25) is 0 Å². The lowest BCUT2D eigenvalue weighted by atomic mass is 10.1. The molecule has 3 rings (SSSR count). The van der Waals surface area contributed by atoms with Crippen LogP contribution in [0.1, 0.15) is 17.3 Å². The van der Waals surface area contributed by atoms with E-state index in [9.17, 15) is 9.59 Å². The fraction of sp³-hybridized carbons (Fsp3) is 0.211. The standard InChI is InChI=1S/C19H18N2O3S/c1-13(22)14-7-4-6-10-17(14)24-11-12-25-19-20-16-9-5-3-8-15(16)18(23)21(19)2/h3-10H,11-12H2,1-2H3. The summed E-state index contributed by atoms with van der Waals surface area (Å²) in [5, 5.41) is 1.26. The number of thioether (sulfide) groups is 1. The fourth-order valence-electron chi connectivity index (χ4n) is 2.49. The fourth-order valence-corrected chi connectivity index (χ4v) is 3.28. The second-order valence-corrected chi connectivity index (χ2v) is 6.59. The van der Waals surface area contributed by atoms with Crippen molar-refractivity contribution in [2.24, 2.45) is 7.05 Å². The summed E-state index contributed by atoms with van der Waals surface area (Å²) in [6, 6.07) is 14.5. The Kier molecular flexibility index (Phi) is 5.19. The maximum Gasteiger partial charge on any atom is 0.261 e. The topological polar surface area (TPSA) is 61.2 Å². The van der Waals surface area contributed by atoms with E-state index in [1.54, 1.807) is 29.8 Å². The van der Waals surface area contributed by atoms with E-state index in [1.165, 1.54) is 18.7 Å². The van der Waals surface area contributed by atoms with Crippen molar-refractivity contribution in [1.29, 1.82) is 0 Å². The Labute approximate surface area is 149 Å². The summed E-state index contributed by atoms with van der Waals surface area (Å²) in [5.74, 6) is 1.17. The number of benzene rings is 2. The Bertz CT molecular complexity index is 982. The molecule has 1 aromatic heterocycles. The summed E-state index contributed by atoms with van der Waals surface area (Å²) >= 11 is 1.45. The molecule has 0 spiro atoms. The average Bonchev–Trinajstić information content (AvgIpc) is 2.63. The summed E-state index contributed by atoms with van der Waals surface area (Å²) in [6.45, 7) is 1.93. The molecule has 0 atom stereocenters. The zero-order valence-corrected chi connectivity index (χ0v) is 14.9. The number of aromatic nitrogens is 2. The Morgan fingerprint density at radius 1 is 1.16 bits per heavy atom. The van der Waals surface area contributed by atoms with Crippen LogP contribution in [0.3, 0.4) is 0 Å². The van der Waals surface area contributed by atoms with Gasteiger partial charge in [-0.1, -0.05) is 36.0 Å². The number of fused-ring (bicyclic) bond motifs is 1. The lowest BCUT2D eigenvalue weighted by Crippen LogP contribution is -2.20. The molecule has 5 nitrogen and oxygen atoms in total. The van der Waals surface area contributed by atoms with E-state index in [0.717, 1.165) is 0 Å². The minimum Gasteiger partial charge on any atom is -0.492 e. The van der Waals surface area contributed by atoms with Crippen LogP contribution in [-0.2, 0) is 7.05 Å². The number of carbonyl (C=O) groups is 1. The van der Waals surface area contributed by atoms with Crippen molar-refractivity contribution in [2.45, 2.75) is 12.1 Å². The molecule has 25 heavy (non-hydrogen) atoms. The van der Waals surface area contributed by atoms with E-state index >= 15 is 0 Å². The molecule has 3 aromatic rings. The van der Waals surface area contributed by atoms with Gasteiger partial charge in [-0.3, -0.25) is 14.2 Å². The minimum atomic E-state index is -0.0593. The van der Waals surface area contributed by atoms with Gasteiger partial charge in [-0.15, -0.1) is 0 Å². The molecule has 0 radical (unpaired) electrons. The minimum absolute atomic E-state index is 0.0261. The second-order valence-electron chi connectivity index (χ2n) is 5.52. The van der Waals surface area contributed by atoms with Crippen LogP contribution in [0, 0.1) is 0 Å². The third-order valence-corrected chi connectivity index (χ3v) is 4.77. The molecule has 6 heteroatoms. The van der Waals surface area contributed by atoms with Gasteiger partial charge in [0.15, 0.2) is 10.9 Å². The number of carbonyl (C=O) groups excluding carboxylic acids is 1. The molecule has 0 unspecified atom stereocenters. The molecule has 0 bridgehead atoms. The van der Waals surface area contributed by atoms with Gasteiger partial charge in [-0.2, -0.15) is 0 Å². The Morgan fingerprint density at radius 3 is 2.68 bits per heavy atom. The highest BCUT2D eigenvalue weighted by Gasteiger charge is 2.10. The van der Waals surface area contributed by atoms with Crippen molar-refractivity contribution < 1.29 is 9.53 Å². The third kappa shape index (κ3) is 3.74. The van der Waals surface area contributed by atoms with Crippen molar-refractivity contribution in [3.63, 3.8) is 0 Å². The summed E-state index contributed by atoms with van der Waals surface area (Å²) in [4.78, 5) is 28.5. The Hall–Kier alpha value is -2.60. The number of ether oxygens (including phenoxy) is 1. The first-order valence-electron chi connectivity index (χ1n) is 7.89. The van der Waals surface area contributed by atoms with Crippen molar-refractivity contribution in [3.05, 3.63) is 64.4 Å². The predicted molar refractivity (Wildman–Crippen MR) is 99.6 cm³/mol. The summed E-state index contributed by atoms with van der Waals surface area (Å²) in [5.41, 5.74) is 1.20. The van der Waals surface area contributed by atoms with E-state index in [4.69, 9.17) is 4.74 Å². The van der Waals surface area contributed by atoms with Crippen LogP contribution in [0.25, 0.3) is 10.9 Å². The number of para-hydroxylation sites is 2. The molecular weight excluding hydrogens is 336 g/mol. The Morgan fingerprint density at radius 2 is 1.88 bits per heavy atom. The molecule has 2 aromatic carbocycles. The first-order chi connectivity index (χ1) is 12.1. The third-order valence-electron chi connectivity index (χ3n) is 3.78. The van der Waals surface area contributed by atoms with E-state index < -0.39 is 0 Å². The summed E-state index contributed by atoms with van der Waals surface area (Å²) in [7, 11) is 1.72. The van der Waals surface area contributed by atoms with Crippen molar-refractivity contribution in [2.75, 3.05) is 12.4 Å². The molecule has 0 aliphatic carbocycles. The SMILES string of the molecule is CC(=O)c1ccccc1OCCSc1nc2ccccc2c(=O)n1C. The highest BCUT2D eigenvalue weighted by molar-refractivity contribution is 7.99. The van der Waals surface area contributed by atoms with Crippen molar-refractivity contribution in [3.8, 4) is 5.75 Å². The monoisotopic (exact) mass is 354 g/mol. The van der Waals surface area contributed by atoms with Gasteiger partial charge >= 0.3 is 0 Å². The molecule has 0 saturated heterocycles. The maximum absolute atomic E-state index is 12.4. The van der Waals surface area contributed by atoms with Gasteiger partial charge in [-0.25, -0.2) is 4.98 Å². The molecule has 0 aliphatic heterocycles. The number of ketones is 1. The smallest absolute Gasteiger partial charge is 0.261 e. The van der Waals surface area contributed by atoms with E-state index in [0.29, 0.717) is 39.7 Å². The maximum atomic E-state index is 12.4. The molecule has 0 amide bonds. The molecule has 128 valence electrons. The molecular formula is C19H18N2O3S. The van der Waals surface area contributed by atoms with Gasteiger partial charge in [0.05, 0.1) is 23.1 Å². The zero-order chi connectivity index (χ0) is 17.8. The largest absolute Gasteiger partial charge is 0.492 e. The highest BCUT2D eigenvalue weighted by atomic mass is 32.2. The van der Waals surface area contributed by atoms with Gasteiger partial charge < -0.3 is 4.74 Å². The van der Waals surface area contributed by atoms with Crippen molar-refractivity contribution >= 4 is 28.4 Å². The van der Waals surface area contributed by atoms with Crippen LogP contribution in [-0.4, -0.2) is 27.7 Å². The lowest BCUT2D eigenvalue weighted by Gasteiger charge is -2.11. The number of rotatable bonds is 6. The first-order valence-corrected chi connectivity index (χ1v) is 8.88. The average molecular weight is 354 g/mol. The highest BCUT2D eigenvalue weighted by Crippen LogP contribution is 2.20. The first kappa shape index (κ1) is 17.2. The van der Waals surface area contributed by atoms with Gasteiger partial charge in [0.1, 0.15) is 5.75 Å². The van der Waals surface area contributed by atoms with Crippen LogP contribution in [0.15, 0.2) is 58.5 Å². The van der Waals surface area contributed by atoms with Crippen LogP contribution in [0.4, 0.5) is 0 Å². The second kappa shape index (κ2) is 7.53. The van der Waals surface area contributed by atoms with E-state index in [1.807, 2.05) is 30.3 Å². The summed E-state index contributed by atoms with van der Waals surface area (Å²) < 4.78 is 7.27. The predicted octanol–water partition coefficient (Wildman–Crippen LogP) is 3.31. The molecule has 0 saturated carbocycles. The summed E-state index contributed by atoms with van der Waals surface area (Å²) in [6.07, 6.45) is 0. The van der Waals surface area contributed by atoms with Crippen LogP contribution >= 0.6 is 11.8 Å². The van der Waals surface area contributed by atoms with Crippen molar-refractivity contribution in [1.82, 2.24) is 9.55 Å². The molecule has 0 N–H and O–H groups in total. The lowest BCUT2D eigenvalue weighted by molar-refractivity contribution is 0.101. The Balaban J connectivity index is 1.69. The normalized spacial score (nSPS) is 10.8. The van der Waals surface area contributed by atoms with Gasteiger partial charge in [0.25, 0.3) is 5.56 Å². The van der Waals surface area contributed by atoms with Gasteiger partial charge in [0, 0.05) is 12.8 Å². The van der Waals surface area contributed by atoms with Crippen LogP contribution in [0.2, 0.25) is 0 Å². The van der Waals surface area contributed by atoms with Crippen LogP contribution < -0.4 is 10.3 Å².